The summed E-state index contributed by atoms with van der Waals surface area (Å²) in [6, 6.07) is 3.81. The van der Waals surface area contributed by atoms with Crippen molar-refractivity contribution in [1.82, 2.24) is 4.98 Å². The Kier molecular flexibility index (Phi) is 1.90. The van der Waals surface area contributed by atoms with Crippen LogP contribution in [0.1, 0.15) is 16.1 Å². The van der Waals surface area contributed by atoms with Crippen molar-refractivity contribution in [2.24, 2.45) is 0 Å². The molecule has 0 aliphatic rings. The van der Waals surface area contributed by atoms with Gasteiger partial charge in [-0.1, -0.05) is 0 Å². The van der Waals surface area contributed by atoms with Crippen LogP contribution < -0.4 is 0 Å². The first-order valence-corrected chi connectivity index (χ1v) is 4.95. The molecule has 1 aromatic heterocycles. The molecule has 0 saturated heterocycles. The van der Waals surface area contributed by atoms with Crippen molar-refractivity contribution in [3.8, 4) is 11.8 Å². The van der Waals surface area contributed by atoms with Crippen LogP contribution in [-0.2, 0) is 0 Å². The van der Waals surface area contributed by atoms with Gasteiger partial charge in [-0.15, -0.1) is 11.3 Å². The number of aryl methyl sites for hydroxylation is 2. The number of benzene rings is 1. The lowest BCUT2D eigenvalue weighted by atomic mass is 10.1. The second-order valence-corrected chi connectivity index (χ2v) is 4.15. The molecule has 1 heterocycles. The number of fused-ring (bicyclic) bond motifs is 1. The molecule has 0 amide bonds. The second kappa shape index (κ2) is 2.96. The fourth-order valence-electron chi connectivity index (χ4n) is 1.42. The third kappa shape index (κ3) is 1.14. The van der Waals surface area contributed by atoms with Crippen molar-refractivity contribution < 1.29 is 5.11 Å². The molecule has 70 valence electrons. The highest BCUT2D eigenvalue weighted by molar-refractivity contribution is 7.19. The maximum absolute atomic E-state index is 9.68. The highest BCUT2D eigenvalue weighted by atomic mass is 32.1. The zero-order valence-electron chi connectivity index (χ0n) is 7.83. The van der Waals surface area contributed by atoms with E-state index in [1.54, 1.807) is 6.07 Å². The number of rotatable bonds is 0. The summed E-state index contributed by atoms with van der Waals surface area (Å²) in [4.78, 5) is 4.14. The fraction of sp³-hybridized carbons (Fsp3) is 0.200. The Morgan fingerprint density at radius 2 is 2.21 bits per heavy atom. The molecule has 0 bridgehead atoms. The molecule has 0 saturated carbocycles. The lowest BCUT2D eigenvalue weighted by Gasteiger charge is -2.02. The Hall–Kier alpha value is -1.60. The first-order valence-electron chi connectivity index (χ1n) is 4.13. The van der Waals surface area contributed by atoms with Crippen molar-refractivity contribution in [2.75, 3.05) is 0 Å². The first kappa shape index (κ1) is 8.97. The topological polar surface area (TPSA) is 56.9 Å². The molecule has 2 aromatic rings. The van der Waals surface area contributed by atoms with Gasteiger partial charge in [0.05, 0.1) is 10.2 Å². The van der Waals surface area contributed by atoms with Crippen molar-refractivity contribution in [1.29, 1.82) is 5.26 Å². The first-order chi connectivity index (χ1) is 6.63. The van der Waals surface area contributed by atoms with Crippen LogP contribution in [0.25, 0.3) is 10.2 Å². The monoisotopic (exact) mass is 204 g/mol. The number of hydrogen-bond acceptors (Lipinski definition) is 4. The van der Waals surface area contributed by atoms with Gasteiger partial charge in [-0.05, 0) is 25.5 Å². The number of hydrogen-bond donors (Lipinski definition) is 1. The van der Waals surface area contributed by atoms with Gasteiger partial charge in [0.2, 0.25) is 0 Å². The van der Waals surface area contributed by atoms with E-state index in [1.807, 2.05) is 19.9 Å². The molecule has 1 aromatic carbocycles. The van der Waals surface area contributed by atoms with Gasteiger partial charge in [0.25, 0.3) is 0 Å². The summed E-state index contributed by atoms with van der Waals surface area (Å²) in [5.41, 5.74) is 2.39. The summed E-state index contributed by atoms with van der Waals surface area (Å²) in [7, 11) is 0. The predicted molar refractivity (Wildman–Crippen MR) is 55.5 cm³/mol. The van der Waals surface area contributed by atoms with E-state index in [0.717, 1.165) is 21.3 Å². The number of nitriles is 1. The Bertz CT molecular complexity index is 551. The third-order valence-corrected chi connectivity index (χ3v) is 3.27. The zero-order valence-corrected chi connectivity index (χ0v) is 8.64. The van der Waals surface area contributed by atoms with Crippen molar-refractivity contribution in [3.63, 3.8) is 0 Å². The van der Waals surface area contributed by atoms with E-state index in [-0.39, 0.29) is 0 Å². The van der Waals surface area contributed by atoms with Gasteiger partial charge < -0.3 is 5.11 Å². The average molecular weight is 204 g/mol. The SMILES string of the molecule is Cc1cc2nc(C#N)sc2c(C)c1O. The molecule has 14 heavy (non-hydrogen) atoms. The molecule has 0 atom stereocenters. The van der Waals surface area contributed by atoms with E-state index in [9.17, 15) is 5.11 Å². The summed E-state index contributed by atoms with van der Waals surface area (Å²) < 4.78 is 0.893. The highest BCUT2D eigenvalue weighted by Gasteiger charge is 2.10. The van der Waals surface area contributed by atoms with Crippen LogP contribution in [0, 0.1) is 25.2 Å². The fourth-order valence-corrected chi connectivity index (χ4v) is 2.26. The van der Waals surface area contributed by atoms with Crippen LogP contribution in [0.2, 0.25) is 0 Å². The summed E-state index contributed by atoms with van der Waals surface area (Å²) >= 11 is 1.31. The van der Waals surface area contributed by atoms with Gasteiger partial charge in [-0.3, -0.25) is 0 Å². The number of phenols is 1. The largest absolute Gasteiger partial charge is 0.507 e. The van der Waals surface area contributed by atoms with E-state index < -0.39 is 0 Å². The van der Waals surface area contributed by atoms with Gasteiger partial charge in [0.1, 0.15) is 11.8 Å². The Morgan fingerprint density at radius 1 is 1.50 bits per heavy atom. The van der Waals surface area contributed by atoms with Crippen LogP contribution in [0.15, 0.2) is 6.07 Å². The Balaban J connectivity index is 2.89. The molecule has 0 unspecified atom stereocenters. The predicted octanol–water partition coefficient (Wildman–Crippen LogP) is 2.49. The van der Waals surface area contributed by atoms with E-state index in [2.05, 4.69) is 4.98 Å². The van der Waals surface area contributed by atoms with E-state index in [0.29, 0.717) is 10.8 Å². The van der Waals surface area contributed by atoms with E-state index in [4.69, 9.17) is 5.26 Å². The van der Waals surface area contributed by atoms with Gasteiger partial charge in [0, 0.05) is 5.56 Å². The molecular formula is C10H8N2OS. The van der Waals surface area contributed by atoms with Crippen LogP contribution >= 0.6 is 11.3 Å². The standard InChI is InChI=1S/C10H8N2OS/c1-5-3-7-10(6(2)9(5)13)14-8(4-11)12-7/h3,13H,1-2H3. The van der Waals surface area contributed by atoms with Gasteiger partial charge in [0.15, 0.2) is 5.01 Å². The van der Waals surface area contributed by atoms with Crippen molar-refractivity contribution >= 4 is 21.6 Å². The average Bonchev–Trinajstić information content (AvgIpc) is 2.57. The molecule has 0 aliphatic carbocycles. The van der Waals surface area contributed by atoms with Gasteiger partial charge >= 0.3 is 0 Å². The maximum atomic E-state index is 9.68. The minimum Gasteiger partial charge on any atom is -0.507 e. The summed E-state index contributed by atoms with van der Waals surface area (Å²) in [5.74, 6) is 0.297. The Labute approximate surface area is 85.3 Å². The van der Waals surface area contributed by atoms with E-state index in [1.165, 1.54) is 11.3 Å². The summed E-state index contributed by atoms with van der Waals surface area (Å²) in [5, 5.41) is 18.8. The summed E-state index contributed by atoms with van der Waals surface area (Å²) in [6.07, 6.45) is 0. The Morgan fingerprint density at radius 3 is 2.86 bits per heavy atom. The van der Waals surface area contributed by atoms with Crippen LogP contribution in [0.4, 0.5) is 0 Å². The van der Waals surface area contributed by atoms with Crippen molar-refractivity contribution in [3.05, 3.63) is 22.2 Å². The molecule has 0 fully saturated rings. The highest BCUT2D eigenvalue weighted by Crippen LogP contribution is 2.33. The lowest BCUT2D eigenvalue weighted by Crippen LogP contribution is -1.81. The molecule has 4 heteroatoms. The van der Waals surface area contributed by atoms with Gasteiger partial charge in [-0.25, -0.2) is 4.98 Å². The third-order valence-electron chi connectivity index (χ3n) is 2.17. The zero-order chi connectivity index (χ0) is 10.3. The molecule has 0 aliphatic heterocycles. The second-order valence-electron chi connectivity index (χ2n) is 3.15. The minimum atomic E-state index is 0.297. The van der Waals surface area contributed by atoms with Crippen LogP contribution in [0.5, 0.6) is 5.75 Å². The van der Waals surface area contributed by atoms with Crippen LogP contribution in [-0.4, -0.2) is 10.1 Å². The number of nitrogens with zero attached hydrogens (tertiary/aromatic N) is 2. The molecule has 2 rings (SSSR count). The van der Waals surface area contributed by atoms with E-state index >= 15 is 0 Å². The number of aromatic hydroxyl groups is 1. The quantitative estimate of drug-likeness (QED) is 0.717. The normalized spacial score (nSPS) is 10.4. The number of aromatic nitrogens is 1. The summed E-state index contributed by atoms with van der Waals surface area (Å²) in [6.45, 7) is 3.66. The van der Waals surface area contributed by atoms with Crippen LogP contribution in [0.3, 0.4) is 0 Å². The lowest BCUT2D eigenvalue weighted by molar-refractivity contribution is 0.468. The minimum absolute atomic E-state index is 0.297. The smallest absolute Gasteiger partial charge is 0.195 e. The van der Waals surface area contributed by atoms with Crippen molar-refractivity contribution in [2.45, 2.75) is 13.8 Å². The molecule has 1 N–H and O–H groups in total. The number of thiazole rings is 1. The van der Waals surface area contributed by atoms with Gasteiger partial charge in [-0.2, -0.15) is 5.26 Å². The molecular weight excluding hydrogens is 196 g/mol. The molecule has 3 nitrogen and oxygen atoms in total. The maximum Gasteiger partial charge on any atom is 0.195 e. The molecule has 0 radical (unpaired) electrons. The molecule has 0 spiro atoms. The number of phenolic OH excluding ortho intramolecular Hbond substituents is 1.